The number of aryl methyl sites for hydroxylation is 2. The van der Waals surface area contributed by atoms with Crippen LogP contribution in [0.1, 0.15) is 58.2 Å². The predicted octanol–water partition coefficient (Wildman–Crippen LogP) is 5.17. The molecule has 3 N–H and O–H groups in total. The zero-order chi connectivity index (χ0) is 30.7. The van der Waals surface area contributed by atoms with E-state index in [1.807, 2.05) is 19.9 Å². The maximum absolute atomic E-state index is 13.8. The van der Waals surface area contributed by atoms with E-state index in [9.17, 15) is 28.2 Å². The summed E-state index contributed by atoms with van der Waals surface area (Å²) in [7, 11) is 0. The number of ketones is 1. The Morgan fingerprint density at radius 1 is 1.05 bits per heavy atom. The number of nitrogens with zero attached hydrogens (tertiary/aromatic N) is 5. The van der Waals surface area contributed by atoms with E-state index in [0.29, 0.717) is 66.6 Å². The van der Waals surface area contributed by atoms with Crippen molar-refractivity contribution in [2.24, 2.45) is 0 Å². The number of halogens is 3. The van der Waals surface area contributed by atoms with Gasteiger partial charge in [-0.2, -0.15) is 23.0 Å². The van der Waals surface area contributed by atoms with E-state index in [0.717, 1.165) is 23.4 Å². The fourth-order valence-corrected chi connectivity index (χ4v) is 5.05. The van der Waals surface area contributed by atoms with Crippen LogP contribution < -0.4 is 10.2 Å². The Balaban J connectivity index is 1.42. The van der Waals surface area contributed by atoms with Gasteiger partial charge in [0.25, 0.3) is 0 Å². The lowest BCUT2D eigenvalue weighted by Gasteiger charge is -2.32. The van der Waals surface area contributed by atoms with Crippen molar-refractivity contribution in [2.45, 2.75) is 58.4 Å². The van der Waals surface area contributed by atoms with Gasteiger partial charge in [0.05, 0.1) is 24.0 Å². The largest absolute Gasteiger partial charge is 0.416 e. The van der Waals surface area contributed by atoms with Gasteiger partial charge < -0.3 is 20.4 Å². The highest BCUT2D eigenvalue weighted by molar-refractivity contribution is 5.98. The first-order chi connectivity index (χ1) is 20.5. The van der Waals surface area contributed by atoms with Crippen molar-refractivity contribution >= 4 is 23.0 Å². The van der Waals surface area contributed by atoms with Crippen LogP contribution in [0.3, 0.4) is 0 Å². The normalized spacial score (nSPS) is 14.3. The van der Waals surface area contributed by atoms with Gasteiger partial charge in [0.1, 0.15) is 12.1 Å². The summed E-state index contributed by atoms with van der Waals surface area (Å²) < 4.78 is 42.9. The van der Waals surface area contributed by atoms with Crippen molar-refractivity contribution in [3.05, 3.63) is 88.5 Å². The van der Waals surface area contributed by atoms with Crippen molar-refractivity contribution in [2.75, 3.05) is 23.3 Å². The quantitative estimate of drug-likeness (QED) is 0.227. The lowest BCUT2D eigenvalue weighted by atomic mass is 9.98. The average Bonchev–Trinajstić information content (AvgIpc) is 3.41. The molecule has 1 fully saturated rings. The Bertz CT molecular complexity index is 1610. The van der Waals surface area contributed by atoms with Crippen molar-refractivity contribution in [1.29, 1.82) is 0 Å². The standard InChI is InChI=1S/C31H33F3N6O3/c1-3-23-15-29(36-18-35-23)40-30(16-24(17-41)38-40)37-27-10-20(5-4-19(27)2)11-28(43)21-12-22(31(32,33)34)14-25(13-21)39-8-6-26(42)7-9-39/h4-5,10,12-16,18,26,37,41-42H,3,6-9,11,17H2,1-2H3. The van der Waals surface area contributed by atoms with Crippen LogP contribution in [-0.2, 0) is 25.6 Å². The van der Waals surface area contributed by atoms with E-state index in [1.54, 1.807) is 33.8 Å². The first kappa shape index (κ1) is 30.2. The summed E-state index contributed by atoms with van der Waals surface area (Å²) >= 11 is 0. The number of anilines is 3. The minimum absolute atomic E-state index is 0.0211. The number of aromatic nitrogens is 4. The molecule has 0 spiro atoms. The Labute approximate surface area is 247 Å². The summed E-state index contributed by atoms with van der Waals surface area (Å²) in [5, 5.41) is 27.3. The number of alkyl halides is 3. The molecular formula is C31H33F3N6O3. The molecule has 0 aliphatic carbocycles. The van der Waals surface area contributed by atoms with Crippen LogP contribution in [0.5, 0.6) is 0 Å². The average molecular weight is 595 g/mol. The second kappa shape index (κ2) is 12.5. The first-order valence-electron chi connectivity index (χ1n) is 14.1. The predicted molar refractivity (Wildman–Crippen MR) is 156 cm³/mol. The Morgan fingerprint density at radius 3 is 2.51 bits per heavy atom. The molecular weight excluding hydrogens is 561 g/mol. The molecule has 1 saturated heterocycles. The van der Waals surface area contributed by atoms with Crippen molar-refractivity contribution in [1.82, 2.24) is 19.7 Å². The highest BCUT2D eigenvalue weighted by Gasteiger charge is 2.33. The molecule has 1 aliphatic rings. The monoisotopic (exact) mass is 594 g/mol. The minimum Gasteiger partial charge on any atom is -0.393 e. The lowest BCUT2D eigenvalue weighted by Crippen LogP contribution is -2.36. The Hall–Kier alpha value is -4.29. The molecule has 0 radical (unpaired) electrons. The summed E-state index contributed by atoms with van der Waals surface area (Å²) in [6, 6.07) is 12.3. The van der Waals surface area contributed by atoms with Gasteiger partial charge in [-0.15, -0.1) is 0 Å². The van der Waals surface area contributed by atoms with Crippen molar-refractivity contribution < 1.29 is 28.2 Å². The second-order valence-corrected chi connectivity index (χ2v) is 10.7. The topological polar surface area (TPSA) is 116 Å². The van der Waals surface area contributed by atoms with Crippen LogP contribution in [0.2, 0.25) is 0 Å². The molecule has 5 rings (SSSR count). The Kier molecular flexibility index (Phi) is 8.79. The molecule has 0 amide bonds. The number of carbonyl (C=O) groups excluding carboxylic acids is 1. The maximum Gasteiger partial charge on any atom is 0.416 e. The van der Waals surface area contributed by atoms with E-state index in [1.165, 1.54) is 12.4 Å². The minimum atomic E-state index is -4.61. The first-order valence-corrected chi connectivity index (χ1v) is 14.1. The molecule has 9 nitrogen and oxygen atoms in total. The summed E-state index contributed by atoms with van der Waals surface area (Å²) in [6.07, 6.45) is -2.14. The highest BCUT2D eigenvalue weighted by Crippen LogP contribution is 2.34. The molecule has 12 heteroatoms. The fourth-order valence-electron chi connectivity index (χ4n) is 5.05. The van der Waals surface area contributed by atoms with E-state index in [-0.39, 0.29) is 18.6 Å². The lowest BCUT2D eigenvalue weighted by molar-refractivity contribution is -0.137. The van der Waals surface area contributed by atoms with E-state index >= 15 is 0 Å². The zero-order valence-electron chi connectivity index (χ0n) is 23.9. The SMILES string of the molecule is CCc1cc(-n2nc(CO)cc2Nc2cc(CC(=O)c3cc(N4CCC(O)CC4)cc(C(F)(F)F)c3)ccc2C)ncn1. The van der Waals surface area contributed by atoms with Gasteiger partial charge in [0.15, 0.2) is 11.6 Å². The zero-order valence-corrected chi connectivity index (χ0v) is 23.9. The number of Topliss-reactive ketones (excluding diaryl/α,β-unsaturated/α-hetero) is 1. The molecule has 1 aliphatic heterocycles. The highest BCUT2D eigenvalue weighted by atomic mass is 19.4. The summed E-state index contributed by atoms with van der Waals surface area (Å²) in [4.78, 5) is 23.7. The van der Waals surface area contributed by atoms with Crippen LogP contribution in [0.25, 0.3) is 5.82 Å². The number of aliphatic hydroxyl groups excluding tert-OH is 2. The number of hydrogen-bond donors (Lipinski definition) is 3. The van der Waals surface area contributed by atoms with Gasteiger partial charge in [-0.25, -0.2) is 9.97 Å². The summed E-state index contributed by atoms with van der Waals surface area (Å²) in [6.45, 7) is 4.40. The number of hydrogen-bond acceptors (Lipinski definition) is 8. The molecule has 3 heterocycles. The molecule has 0 unspecified atom stereocenters. The molecule has 0 atom stereocenters. The molecule has 0 saturated carbocycles. The third kappa shape index (κ3) is 7.03. The fraction of sp³-hybridized carbons (Fsp3) is 0.355. The van der Waals surface area contributed by atoms with Gasteiger partial charge in [-0.3, -0.25) is 4.79 Å². The third-order valence-electron chi connectivity index (χ3n) is 7.54. The molecule has 4 aromatic rings. The number of aliphatic hydroxyl groups is 2. The van der Waals surface area contributed by atoms with Gasteiger partial charge in [0.2, 0.25) is 0 Å². The number of piperidine rings is 1. The number of benzene rings is 2. The Morgan fingerprint density at radius 2 is 1.81 bits per heavy atom. The van der Waals surface area contributed by atoms with Crippen LogP contribution in [-0.4, -0.2) is 54.9 Å². The maximum atomic E-state index is 13.8. The van der Waals surface area contributed by atoms with E-state index in [4.69, 9.17) is 0 Å². The molecule has 2 aromatic heterocycles. The number of rotatable bonds is 9. The van der Waals surface area contributed by atoms with Crippen LogP contribution in [0.4, 0.5) is 30.4 Å². The molecule has 0 bridgehead atoms. The molecule has 43 heavy (non-hydrogen) atoms. The van der Waals surface area contributed by atoms with Gasteiger partial charge in [0, 0.05) is 54.3 Å². The smallest absolute Gasteiger partial charge is 0.393 e. The van der Waals surface area contributed by atoms with Crippen molar-refractivity contribution in [3.63, 3.8) is 0 Å². The van der Waals surface area contributed by atoms with Crippen molar-refractivity contribution in [3.8, 4) is 5.82 Å². The third-order valence-corrected chi connectivity index (χ3v) is 7.54. The summed E-state index contributed by atoms with van der Waals surface area (Å²) in [5.41, 5.74) is 2.80. The van der Waals surface area contributed by atoms with Crippen LogP contribution in [0, 0.1) is 6.92 Å². The van der Waals surface area contributed by atoms with Gasteiger partial charge in [-0.05, 0) is 61.6 Å². The van der Waals surface area contributed by atoms with Gasteiger partial charge in [-0.1, -0.05) is 19.1 Å². The molecule has 2 aromatic carbocycles. The summed E-state index contributed by atoms with van der Waals surface area (Å²) in [5.74, 6) is 0.604. The van der Waals surface area contributed by atoms with Gasteiger partial charge >= 0.3 is 6.18 Å². The number of nitrogens with one attached hydrogen (secondary N) is 1. The van der Waals surface area contributed by atoms with Crippen LogP contribution in [0.15, 0.2) is 54.9 Å². The number of carbonyl (C=O) groups is 1. The van der Waals surface area contributed by atoms with E-state index in [2.05, 4.69) is 20.4 Å². The molecule has 226 valence electrons. The second-order valence-electron chi connectivity index (χ2n) is 10.7. The van der Waals surface area contributed by atoms with E-state index < -0.39 is 23.6 Å². The van der Waals surface area contributed by atoms with Crippen LogP contribution >= 0.6 is 0 Å².